The van der Waals surface area contributed by atoms with Crippen LogP contribution in [0, 0.1) is 6.92 Å². The molecule has 9 heteroatoms. The molecule has 1 rings (SSSR count). The number of rotatable bonds is 2. The van der Waals surface area contributed by atoms with Crippen LogP contribution in [-0.4, -0.2) is 25.9 Å². The van der Waals surface area contributed by atoms with E-state index in [0.29, 0.717) is 11.3 Å². The monoisotopic (exact) mass is 354 g/mol. The van der Waals surface area contributed by atoms with Crippen molar-refractivity contribution in [3.05, 3.63) is 29.3 Å². The number of carboxylic acid groups (broad SMARTS) is 1. The summed E-state index contributed by atoms with van der Waals surface area (Å²) in [6.45, 7) is 1.60. The highest BCUT2D eigenvalue weighted by molar-refractivity contribution is 7.80. The van der Waals surface area contributed by atoms with Gasteiger partial charge in [0, 0.05) is 5.69 Å². The number of amides is 1. The number of carbonyl (C=O) groups excluding carboxylic acids is 1. The van der Waals surface area contributed by atoms with E-state index in [1.54, 1.807) is 13.0 Å². The molecule has 0 aliphatic rings. The molecule has 0 radical (unpaired) electrons. The van der Waals surface area contributed by atoms with Gasteiger partial charge in [0.25, 0.3) is 9.70 Å². The SMILES string of the molecule is Cc1c(NC(=S)NC(=O)C(Cl)(Cl)Cl)cccc1C(=O)O. The first-order valence-corrected chi connectivity index (χ1v) is 6.69. The molecule has 0 atom stereocenters. The lowest BCUT2D eigenvalue weighted by Crippen LogP contribution is -2.41. The van der Waals surface area contributed by atoms with Crippen molar-refractivity contribution in [1.29, 1.82) is 0 Å². The van der Waals surface area contributed by atoms with Gasteiger partial charge in [-0.25, -0.2) is 4.79 Å². The summed E-state index contributed by atoms with van der Waals surface area (Å²) in [5.41, 5.74) is 1.01. The van der Waals surface area contributed by atoms with Gasteiger partial charge in [0.2, 0.25) is 0 Å². The molecule has 1 amide bonds. The van der Waals surface area contributed by atoms with Crippen molar-refractivity contribution in [2.24, 2.45) is 0 Å². The Bertz CT molecular complexity index is 573. The van der Waals surface area contributed by atoms with Crippen LogP contribution in [0.3, 0.4) is 0 Å². The van der Waals surface area contributed by atoms with Gasteiger partial charge in [0.05, 0.1) is 5.56 Å². The van der Waals surface area contributed by atoms with Gasteiger partial charge in [0.15, 0.2) is 5.11 Å². The zero-order valence-electron chi connectivity index (χ0n) is 10.0. The lowest BCUT2D eigenvalue weighted by Gasteiger charge is -2.15. The van der Waals surface area contributed by atoms with Crippen molar-refractivity contribution in [2.75, 3.05) is 5.32 Å². The quantitative estimate of drug-likeness (QED) is 0.561. The molecule has 0 heterocycles. The first-order valence-electron chi connectivity index (χ1n) is 5.15. The Kier molecular flexibility index (Phi) is 5.59. The summed E-state index contributed by atoms with van der Waals surface area (Å²) < 4.78 is -2.14. The first kappa shape index (κ1) is 17.0. The largest absolute Gasteiger partial charge is 0.478 e. The first-order chi connectivity index (χ1) is 9.12. The lowest BCUT2D eigenvalue weighted by atomic mass is 10.1. The molecule has 0 spiro atoms. The Hall–Kier alpha value is -1.08. The van der Waals surface area contributed by atoms with Gasteiger partial charge in [0.1, 0.15) is 0 Å². The number of hydrogen-bond acceptors (Lipinski definition) is 3. The molecule has 0 aliphatic heterocycles. The fourth-order valence-corrected chi connectivity index (χ4v) is 1.67. The highest BCUT2D eigenvalue weighted by Gasteiger charge is 2.31. The topological polar surface area (TPSA) is 78.4 Å². The van der Waals surface area contributed by atoms with Gasteiger partial charge in [-0.15, -0.1) is 0 Å². The number of anilines is 1. The number of thiocarbonyl (C=S) groups is 1. The van der Waals surface area contributed by atoms with Gasteiger partial charge in [-0.3, -0.25) is 10.1 Å². The Morgan fingerprint density at radius 3 is 2.40 bits per heavy atom. The number of aromatic carboxylic acids is 1. The third kappa shape index (κ3) is 4.49. The number of alkyl halides is 3. The summed E-state index contributed by atoms with van der Waals surface area (Å²) in [4.78, 5) is 22.4. The van der Waals surface area contributed by atoms with E-state index in [2.05, 4.69) is 10.6 Å². The molecule has 0 bridgehead atoms. The summed E-state index contributed by atoms with van der Waals surface area (Å²) >= 11 is 21.0. The van der Waals surface area contributed by atoms with Crippen molar-refractivity contribution in [2.45, 2.75) is 10.7 Å². The minimum absolute atomic E-state index is 0.105. The molecule has 20 heavy (non-hydrogen) atoms. The maximum Gasteiger partial charge on any atom is 0.336 e. The Morgan fingerprint density at radius 1 is 1.30 bits per heavy atom. The summed E-state index contributed by atoms with van der Waals surface area (Å²) in [7, 11) is 0. The molecule has 0 aromatic heterocycles. The maximum atomic E-state index is 11.4. The van der Waals surface area contributed by atoms with E-state index in [9.17, 15) is 9.59 Å². The van der Waals surface area contributed by atoms with E-state index in [1.807, 2.05) is 0 Å². The van der Waals surface area contributed by atoms with Crippen molar-refractivity contribution in [1.82, 2.24) is 5.32 Å². The third-order valence-corrected chi connectivity index (χ3v) is 3.02. The van der Waals surface area contributed by atoms with Crippen LogP contribution < -0.4 is 10.6 Å². The van der Waals surface area contributed by atoms with Crippen molar-refractivity contribution in [3.63, 3.8) is 0 Å². The van der Waals surface area contributed by atoms with Crippen molar-refractivity contribution < 1.29 is 14.7 Å². The number of nitrogens with one attached hydrogen (secondary N) is 2. The number of benzene rings is 1. The van der Waals surface area contributed by atoms with E-state index >= 15 is 0 Å². The molecule has 0 unspecified atom stereocenters. The Balaban J connectivity index is 2.85. The van der Waals surface area contributed by atoms with Crippen LogP contribution in [0.4, 0.5) is 5.69 Å². The Morgan fingerprint density at radius 2 is 1.90 bits per heavy atom. The predicted molar refractivity (Wildman–Crippen MR) is 82.8 cm³/mol. The molecule has 1 aromatic rings. The van der Waals surface area contributed by atoms with Crippen LogP contribution in [0.15, 0.2) is 18.2 Å². The molecule has 108 valence electrons. The molecular weight excluding hydrogens is 347 g/mol. The second kappa shape index (κ2) is 6.58. The molecular formula is C11H9Cl3N2O3S. The molecule has 3 N–H and O–H groups in total. The molecule has 0 saturated carbocycles. The van der Waals surface area contributed by atoms with Gasteiger partial charge >= 0.3 is 5.97 Å². The normalized spacial score (nSPS) is 10.8. The summed E-state index contributed by atoms with van der Waals surface area (Å²) in [5, 5.41) is 13.7. The number of hydrogen-bond donors (Lipinski definition) is 3. The van der Waals surface area contributed by atoms with Crippen molar-refractivity contribution >= 4 is 69.7 Å². The highest BCUT2D eigenvalue weighted by atomic mass is 35.6. The van der Waals surface area contributed by atoms with E-state index < -0.39 is 15.7 Å². The molecule has 0 saturated heterocycles. The van der Waals surface area contributed by atoms with E-state index in [0.717, 1.165) is 0 Å². The zero-order chi connectivity index (χ0) is 15.5. The summed E-state index contributed by atoms with van der Waals surface area (Å²) in [6, 6.07) is 4.60. The summed E-state index contributed by atoms with van der Waals surface area (Å²) in [6.07, 6.45) is 0. The zero-order valence-corrected chi connectivity index (χ0v) is 13.1. The van der Waals surface area contributed by atoms with Crippen LogP contribution in [0.1, 0.15) is 15.9 Å². The fraction of sp³-hybridized carbons (Fsp3) is 0.182. The number of carbonyl (C=O) groups is 2. The van der Waals surface area contributed by atoms with Gasteiger partial charge in [-0.05, 0) is 36.8 Å². The lowest BCUT2D eigenvalue weighted by molar-refractivity contribution is -0.118. The maximum absolute atomic E-state index is 11.4. The molecule has 1 aromatic carbocycles. The fourth-order valence-electron chi connectivity index (χ4n) is 1.33. The molecule has 0 fully saturated rings. The third-order valence-electron chi connectivity index (χ3n) is 2.30. The predicted octanol–water partition coefficient (Wildman–Crippen LogP) is 2.88. The molecule has 5 nitrogen and oxygen atoms in total. The number of halogens is 3. The van der Waals surface area contributed by atoms with Crippen molar-refractivity contribution in [3.8, 4) is 0 Å². The minimum Gasteiger partial charge on any atom is -0.478 e. The van der Waals surface area contributed by atoms with Gasteiger partial charge < -0.3 is 10.4 Å². The highest BCUT2D eigenvalue weighted by Crippen LogP contribution is 2.26. The van der Waals surface area contributed by atoms with Crippen LogP contribution >= 0.6 is 47.0 Å². The second-order valence-corrected chi connectivity index (χ2v) is 6.38. The smallest absolute Gasteiger partial charge is 0.336 e. The summed E-state index contributed by atoms with van der Waals surface area (Å²) in [5.74, 6) is -1.98. The van der Waals surface area contributed by atoms with Gasteiger partial charge in [-0.2, -0.15) is 0 Å². The second-order valence-electron chi connectivity index (χ2n) is 3.69. The number of carboxylic acids is 1. The van der Waals surface area contributed by atoms with Gasteiger partial charge in [-0.1, -0.05) is 40.9 Å². The van der Waals surface area contributed by atoms with Crippen LogP contribution in [0.5, 0.6) is 0 Å². The average molecular weight is 356 g/mol. The standard InChI is InChI=1S/C11H9Cl3N2O3S/c1-5-6(8(17)18)3-2-4-7(5)15-10(20)16-9(19)11(12,13)14/h2-4H,1H3,(H,17,18)(H2,15,16,19,20). The van der Waals surface area contributed by atoms with Crippen LogP contribution in [-0.2, 0) is 4.79 Å². The Labute approximate surface area is 135 Å². The minimum atomic E-state index is -2.14. The molecule has 0 aliphatic carbocycles. The van der Waals surface area contributed by atoms with Crippen LogP contribution in [0.2, 0.25) is 0 Å². The van der Waals surface area contributed by atoms with E-state index in [4.69, 9.17) is 52.1 Å². The average Bonchev–Trinajstić information content (AvgIpc) is 2.30. The van der Waals surface area contributed by atoms with E-state index in [1.165, 1.54) is 12.1 Å². The van der Waals surface area contributed by atoms with E-state index in [-0.39, 0.29) is 10.7 Å². The van der Waals surface area contributed by atoms with Crippen LogP contribution in [0.25, 0.3) is 0 Å².